The van der Waals surface area contributed by atoms with Crippen LogP contribution in [0.15, 0.2) is 28.4 Å². The molecule has 2 aliphatic heterocycles. The van der Waals surface area contributed by atoms with Gasteiger partial charge in [-0.05, 0) is 0 Å². The minimum Gasteiger partial charge on any atom is -0.394 e. The van der Waals surface area contributed by atoms with Gasteiger partial charge in [0.2, 0.25) is 11.9 Å². The van der Waals surface area contributed by atoms with E-state index in [2.05, 4.69) is 40.2 Å². The third kappa shape index (κ3) is 4.76. The molecular formula is C23H27N13O8. The lowest BCUT2D eigenvalue weighted by atomic mass is 10.1. The first-order chi connectivity index (χ1) is 21.2. The van der Waals surface area contributed by atoms with Crippen molar-refractivity contribution < 1.29 is 29.5 Å². The summed E-state index contributed by atoms with van der Waals surface area (Å²) >= 11 is 0. The van der Waals surface area contributed by atoms with Gasteiger partial charge >= 0.3 is 0 Å². The minimum atomic E-state index is -1.37. The number of rotatable bonds is 8. The summed E-state index contributed by atoms with van der Waals surface area (Å²) in [5.41, 5.74) is 11.2. The first kappa shape index (κ1) is 28.0. The Labute approximate surface area is 244 Å². The smallest absolute Gasteiger partial charge is 0.280 e. The first-order valence-corrected chi connectivity index (χ1v) is 13.4. The molecule has 2 aliphatic rings. The Bertz CT molecular complexity index is 1950. The van der Waals surface area contributed by atoms with Crippen LogP contribution in [0.2, 0.25) is 0 Å². The van der Waals surface area contributed by atoms with Crippen LogP contribution >= 0.6 is 0 Å². The number of aliphatic hydroxyl groups is 3. The topological polar surface area (TPSA) is 298 Å². The fraction of sp³-hybridized carbons (Fsp3) is 0.478. The molecule has 232 valence electrons. The van der Waals surface area contributed by atoms with E-state index in [1.807, 2.05) is 0 Å². The molecule has 5 aromatic heterocycles. The number of hydrogen-bond acceptors (Lipinski definition) is 16. The van der Waals surface area contributed by atoms with Gasteiger partial charge in [0, 0.05) is 6.42 Å². The van der Waals surface area contributed by atoms with Crippen LogP contribution in [0.3, 0.4) is 0 Å². The van der Waals surface area contributed by atoms with E-state index in [9.17, 15) is 24.9 Å². The summed E-state index contributed by atoms with van der Waals surface area (Å²) in [5.74, 6) is -0.198. The van der Waals surface area contributed by atoms with Crippen molar-refractivity contribution in [2.75, 3.05) is 18.1 Å². The number of anilines is 2. The zero-order valence-electron chi connectivity index (χ0n) is 22.7. The van der Waals surface area contributed by atoms with Gasteiger partial charge in [-0.2, -0.15) is 9.97 Å². The Hall–Kier alpha value is -4.80. The lowest BCUT2D eigenvalue weighted by molar-refractivity contribution is -0.0645. The van der Waals surface area contributed by atoms with Gasteiger partial charge in [0.25, 0.3) is 11.1 Å². The molecule has 0 spiro atoms. The number of ether oxygens (including phenoxy) is 3. The van der Waals surface area contributed by atoms with E-state index in [-0.39, 0.29) is 54.0 Å². The Kier molecular flexibility index (Phi) is 6.83. The summed E-state index contributed by atoms with van der Waals surface area (Å²) in [6.45, 7) is -0.268. The molecule has 0 amide bonds. The average Bonchev–Trinajstić information content (AvgIpc) is 3.81. The number of nitrogens with zero attached hydrogens (tertiary/aromatic N) is 9. The van der Waals surface area contributed by atoms with Crippen LogP contribution < -0.4 is 22.6 Å². The lowest BCUT2D eigenvalue weighted by Crippen LogP contribution is -2.33. The van der Waals surface area contributed by atoms with Gasteiger partial charge in [0.1, 0.15) is 36.3 Å². The molecule has 0 aromatic carbocycles. The highest BCUT2D eigenvalue weighted by Gasteiger charge is 2.45. The summed E-state index contributed by atoms with van der Waals surface area (Å²) < 4.78 is 22.2. The van der Waals surface area contributed by atoms with Gasteiger partial charge in [-0.1, -0.05) is 5.21 Å². The molecule has 21 heteroatoms. The predicted molar refractivity (Wildman–Crippen MR) is 145 cm³/mol. The van der Waals surface area contributed by atoms with Crippen LogP contribution in [0.5, 0.6) is 0 Å². The fourth-order valence-electron chi connectivity index (χ4n) is 5.47. The molecule has 2 saturated heterocycles. The van der Waals surface area contributed by atoms with Crippen molar-refractivity contribution in [1.29, 1.82) is 0 Å². The number of H-pyrrole nitrogens is 2. The highest BCUT2D eigenvalue weighted by atomic mass is 16.6. The third-order valence-electron chi connectivity index (χ3n) is 7.58. The zero-order valence-corrected chi connectivity index (χ0v) is 22.7. The van der Waals surface area contributed by atoms with E-state index in [1.54, 1.807) is 10.8 Å². The molecule has 7 heterocycles. The zero-order chi connectivity index (χ0) is 30.7. The van der Waals surface area contributed by atoms with Crippen molar-refractivity contribution in [1.82, 2.24) is 54.0 Å². The second-order valence-corrected chi connectivity index (χ2v) is 10.4. The first-order valence-electron chi connectivity index (χ1n) is 13.4. The monoisotopic (exact) mass is 613 g/mol. The summed E-state index contributed by atoms with van der Waals surface area (Å²) in [5, 5.41) is 39.5. The SMILES string of the molecule is Nc1nc2c(ncn2[C@@H]2O[C@H](Cn3cc(CO[C@H]4C[C@H](n5cnc6c(=O)[nH]c(N)nc65)O[C@@H]4CO)nn3)[C@@H](O)[C@H]2O)c(=O)[nH]1. The predicted octanol–water partition coefficient (Wildman–Crippen LogP) is -3.51. The number of nitrogen functional groups attached to an aromatic ring is 2. The molecule has 44 heavy (non-hydrogen) atoms. The van der Waals surface area contributed by atoms with Crippen LogP contribution in [-0.4, -0.2) is 106 Å². The van der Waals surface area contributed by atoms with E-state index in [0.717, 1.165) is 0 Å². The highest BCUT2D eigenvalue weighted by Crippen LogP contribution is 2.33. The molecule has 9 N–H and O–H groups in total. The number of imidazole rings is 2. The van der Waals surface area contributed by atoms with Crippen molar-refractivity contribution in [2.45, 2.75) is 62.5 Å². The van der Waals surface area contributed by atoms with Gasteiger partial charge in [-0.3, -0.25) is 28.7 Å². The maximum absolute atomic E-state index is 12.1. The number of nitrogens with one attached hydrogen (secondary N) is 2. The van der Waals surface area contributed by atoms with E-state index >= 15 is 0 Å². The van der Waals surface area contributed by atoms with Gasteiger partial charge in [0.15, 0.2) is 28.6 Å². The van der Waals surface area contributed by atoms with Crippen LogP contribution in [0.1, 0.15) is 24.6 Å². The van der Waals surface area contributed by atoms with Gasteiger partial charge in [-0.25, -0.2) is 14.6 Å². The number of fused-ring (bicyclic) bond motifs is 2. The van der Waals surface area contributed by atoms with Gasteiger partial charge in [0.05, 0.1) is 44.7 Å². The molecule has 21 nitrogen and oxygen atoms in total. The number of aliphatic hydroxyl groups excluding tert-OH is 3. The summed E-state index contributed by atoms with van der Waals surface area (Å²) in [6, 6.07) is 0. The molecule has 0 bridgehead atoms. The van der Waals surface area contributed by atoms with Crippen molar-refractivity contribution in [3.63, 3.8) is 0 Å². The summed E-state index contributed by atoms with van der Waals surface area (Å²) in [4.78, 5) is 45.3. The van der Waals surface area contributed by atoms with Crippen LogP contribution in [0, 0.1) is 0 Å². The quantitative estimate of drug-likeness (QED) is 0.0892. The maximum atomic E-state index is 12.1. The Morgan fingerprint density at radius 1 is 0.955 bits per heavy atom. The molecule has 7 atom stereocenters. The molecule has 5 aromatic rings. The molecule has 7 rings (SSSR count). The average molecular weight is 614 g/mol. The fourth-order valence-corrected chi connectivity index (χ4v) is 5.47. The summed E-state index contributed by atoms with van der Waals surface area (Å²) in [6.07, 6.45) is -1.90. The molecule has 0 unspecified atom stereocenters. The molecule has 0 saturated carbocycles. The number of nitrogens with two attached hydrogens (primary N) is 2. The summed E-state index contributed by atoms with van der Waals surface area (Å²) in [7, 11) is 0. The highest BCUT2D eigenvalue weighted by molar-refractivity contribution is 5.71. The Morgan fingerprint density at radius 2 is 1.61 bits per heavy atom. The molecule has 2 fully saturated rings. The number of aromatic amines is 2. The van der Waals surface area contributed by atoms with Crippen LogP contribution in [-0.2, 0) is 27.4 Å². The van der Waals surface area contributed by atoms with Crippen molar-refractivity contribution >= 4 is 34.2 Å². The number of aromatic nitrogens is 11. The Balaban J connectivity index is 1.00. The molecule has 0 aliphatic carbocycles. The van der Waals surface area contributed by atoms with Crippen molar-refractivity contribution in [3.05, 3.63) is 45.3 Å². The normalized spacial score (nSPS) is 27.2. The second-order valence-electron chi connectivity index (χ2n) is 10.4. The van der Waals surface area contributed by atoms with E-state index in [0.29, 0.717) is 12.1 Å². The maximum Gasteiger partial charge on any atom is 0.280 e. The van der Waals surface area contributed by atoms with Crippen molar-refractivity contribution in [3.8, 4) is 0 Å². The third-order valence-corrected chi connectivity index (χ3v) is 7.58. The standard InChI is InChI=1S/C23H27N13O8/c24-22-28-17-13(19(40)30-22)26-6-35(17)12-1-9(11(4-37)43-12)42-5-8-2-34(33-32-8)3-10-15(38)16(39)21(44-10)36-7-27-14-18(36)29-23(25)31-20(14)41/h2,6-7,9-12,15-16,21,37-39H,1,3-5H2,(H3,24,28,30,40)(H3,25,29,31,41)/t9-,10+,11+,12+,15+,16+,21+/m0/s1. The largest absolute Gasteiger partial charge is 0.394 e. The lowest BCUT2D eigenvalue weighted by Gasteiger charge is -2.16. The molecular weight excluding hydrogens is 586 g/mol. The van der Waals surface area contributed by atoms with E-state index in [1.165, 1.54) is 21.9 Å². The second kappa shape index (κ2) is 10.7. The van der Waals surface area contributed by atoms with Gasteiger partial charge < -0.3 is 41.0 Å². The minimum absolute atomic E-state index is 0.00580. The Morgan fingerprint density at radius 3 is 2.30 bits per heavy atom. The molecule has 0 radical (unpaired) electrons. The van der Waals surface area contributed by atoms with Crippen LogP contribution in [0.4, 0.5) is 11.9 Å². The van der Waals surface area contributed by atoms with Gasteiger partial charge in [-0.15, -0.1) is 5.10 Å². The van der Waals surface area contributed by atoms with E-state index in [4.69, 9.17) is 25.7 Å². The number of hydrogen-bond donors (Lipinski definition) is 7. The van der Waals surface area contributed by atoms with Crippen molar-refractivity contribution in [2.24, 2.45) is 0 Å². The van der Waals surface area contributed by atoms with E-state index < -0.39 is 54.1 Å². The van der Waals surface area contributed by atoms with Crippen LogP contribution in [0.25, 0.3) is 22.3 Å².